The van der Waals surface area contributed by atoms with E-state index in [0.717, 1.165) is 37.9 Å². The molecule has 0 unspecified atom stereocenters. The minimum Gasteiger partial charge on any atom is -0.497 e. The summed E-state index contributed by atoms with van der Waals surface area (Å²) < 4.78 is 31.8. The predicted octanol–water partition coefficient (Wildman–Crippen LogP) is 3.37. The zero-order valence-electron chi connectivity index (χ0n) is 17.5. The average Bonchev–Trinajstić information content (AvgIpc) is 2.78. The lowest BCUT2D eigenvalue weighted by Gasteiger charge is -2.25. The molecule has 1 N–H and O–H groups in total. The largest absolute Gasteiger partial charge is 0.497 e. The Morgan fingerprint density at radius 3 is 2.23 bits per heavy atom. The maximum Gasteiger partial charge on any atom is 0.251 e. The summed E-state index contributed by atoms with van der Waals surface area (Å²) in [5.41, 5.74) is 2.44. The number of carbonyl (C=O) groups is 1. The van der Waals surface area contributed by atoms with Crippen LogP contribution in [0.4, 0.5) is 0 Å². The van der Waals surface area contributed by atoms with E-state index >= 15 is 0 Å². The van der Waals surface area contributed by atoms with Gasteiger partial charge in [-0.2, -0.15) is 0 Å². The Bertz CT molecular complexity index is 919. The van der Waals surface area contributed by atoms with E-state index in [1.165, 1.54) is 5.56 Å². The van der Waals surface area contributed by atoms with Gasteiger partial charge in [0.1, 0.15) is 5.75 Å². The van der Waals surface area contributed by atoms with Gasteiger partial charge in [0.15, 0.2) is 0 Å². The fourth-order valence-corrected chi connectivity index (χ4v) is 5.20. The Labute approximate surface area is 179 Å². The quantitative estimate of drug-likeness (QED) is 0.619. The molecule has 1 saturated heterocycles. The number of carbonyl (C=O) groups excluding carboxylic acids is 1. The van der Waals surface area contributed by atoms with Gasteiger partial charge in [0.05, 0.1) is 12.9 Å². The predicted molar refractivity (Wildman–Crippen MR) is 118 cm³/mol. The van der Waals surface area contributed by atoms with Crippen molar-refractivity contribution in [3.05, 3.63) is 65.2 Å². The molecule has 0 radical (unpaired) electrons. The van der Waals surface area contributed by atoms with Crippen molar-refractivity contribution in [3.63, 3.8) is 0 Å². The molecule has 30 heavy (non-hydrogen) atoms. The Balaban J connectivity index is 1.45. The number of ether oxygens (including phenoxy) is 1. The highest BCUT2D eigenvalue weighted by Gasteiger charge is 2.24. The summed E-state index contributed by atoms with van der Waals surface area (Å²) in [5, 5.41) is 2.92. The number of nitrogens with zero attached hydrogens (tertiary/aromatic N) is 1. The van der Waals surface area contributed by atoms with Crippen molar-refractivity contribution in [1.82, 2.24) is 9.62 Å². The van der Waals surface area contributed by atoms with Crippen LogP contribution in [0.3, 0.4) is 0 Å². The van der Waals surface area contributed by atoms with Crippen LogP contribution in [0.1, 0.15) is 47.2 Å². The van der Waals surface area contributed by atoms with Crippen molar-refractivity contribution in [2.45, 2.75) is 37.9 Å². The molecule has 1 aliphatic rings. The highest BCUT2D eigenvalue weighted by Crippen LogP contribution is 2.17. The normalized spacial score (nSPS) is 15.0. The molecule has 1 fully saturated rings. The van der Waals surface area contributed by atoms with Gasteiger partial charge in [0, 0.05) is 25.2 Å². The van der Waals surface area contributed by atoms with Gasteiger partial charge in [-0.3, -0.25) is 4.79 Å². The Kier molecular flexibility index (Phi) is 7.87. The van der Waals surface area contributed by atoms with Crippen LogP contribution in [-0.2, 0) is 22.2 Å². The molecule has 6 nitrogen and oxygen atoms in total. The van der Waals surface area contributed by atoms with Gasteiger partial charge in [-0.25, -0.2) is 12.7 Å². The number of aryl methyl sites for hydroxylation is 1. The number of sulfonamides is 1. The van der Waals surface area contributed by atoms with E-state index in [1.54, 1.807) is 35.7 Å². The molecule has 3 rings (SSSR count). The first-order chi connectivity index (χ1) is 14.5. The lowest BCUT2D eigenvalue weighted by atomic mass is 10.1. The summed E-state index contributed by atoms with van der Waals surface area (Å²) in [6.07, 6.45) is 4.66. The smallest absolute Gasteiger partial charge is 0.251 e. The molecule has 1 heterocycles. The van der Waals surface area contributed by atoms with Crippen molar-refractivity contribution in [3.8, 4) is 5.75 Å². The van der Waals surface area contributed by atoms with Gasteiger partial charge in [-0.15, -0.1) is 0 Å². The zero-order chi connectivity index (χ0) is 21.4. The number of nitrogens with one attached hydrogen (secondary N) is 1. The molecule has 2 aromatic rings. The number of piperidine rings is 1. The molecule has 0 spiro atoms. The lowest BCUT2D eigenvalue weighted by Crippen LogP contribution is -2.36. The number of amides is 1. The molecule has 1 amide bonds. The molecular formula is C23H30N2O4S. The van der Waals surface area contributed by atoms with Crippen LogP contribution in [0.2, 0.25) is 0 Å². The van der Waals surface area contributed by atoms with Crippen molar-refractivity contribution < 1.29 is 17.9 Å². The molecule has 2 aromatic carbocycles. The standard InChI is InChI=1S/C23H30N2O4S/c1-29-22-13-9-19(10-14-22)6-5-15-24-23(26)21-11-7-20(8-12-21)18-30(27,28)25-16-3-2-4-17-25/h7-14H,2-6,15-18H2,1H3,(H,24,26). The maximum absolute atomic E-state index is 12.5. The van der Waals surface area contributed by atoms with Crippen LogP contribution >= 0.6 is 0 Å². The summed E-state index contributed by atoms with van der Waals surface area (Å²) in [5.74, 6) is 0.672. The van der Waals surface area contributed by atoms with Crippen LogP contribution in [0.15, 0.2) is 48.5 Å². The van der Waals surface area contributed by atoms with Crippen LogP contribution in [0, 0.1) is 0 Å². The highest BCUT2D eigenvalue weighted by atomic mass is 32.2. The van der Waals surface area contributed by atoms with E-state index in [9.17, 15) is 13.2 Å². The third-order valence-electron chi connectivity index (χ3n) is 5.36. The van der Waals surface area contributed by atoms with Crippen molar-refractivity contribution in [2.75, 3.05) is 26.7 Å². The van der Waals surface area contributed by atoms with Crippen molar-refractivity contribution >= 4 is 15.9 Å². The first-order valence-electron chi connectivity index (χ1n) is 10.5. The molecule has 0 bridgehead atoms. The van der Waals surface area contributed by atoms with Gasteiger partial charge < -0.3 is 10.1 Å². The van der Waals surface area contributed by atoms with Gasteiger partial charge >= 0.3 is 0 Å². The fraction of sp³-hybridized carbons (Fsp3) is 0.435. The second-order valence-electron chi connectivity index (χ2n) is 7.62. The van der Waals surface area contributed by atoms with Crippen molar-refractivity contribution in [1.29, 1.82) is 0 Å². The second kappa shape index (κ2) is 10.6. The Morgan fingerprint density at radius 2 is 1.60 bits per heavy atom. The number of hydrogen-bond acceptors (Lipinski definition) is 4. The summed E-state index contributed by atoms with van der Waals surface area (Å²) in [4.78, 5) is 12.3. The maximum atomic E-state index is 12.5. The molecule has 7 heteroatoms. The third-order valence-corrected chi connectivity index (χ3v) is 7.21. The number of benzene rings is 2. The second-order valence-corrected chi connectivity index (χ2v) is 9.59. The summed E-state index contributed by atoms with van der Waals surface area (Å²) >= 11 is 0. The number of rotatable bonds is 9. The SMILES string of the molecule is COc1ccc(CCCNC(=O)c2ccc(CS(=O)(=O)N3CCCCC3)cc2)cc1. The van der Waals surface area contributed by atoms with E-state index in [-0.39, 0.29) is 11.7 Å². The zero-order valence-corrected chi connectivity index (χ0v) is 18.3. The summed E-state index contributed by atoms with van der Waals surface area (Å²) in [6.45, 7) is 1.80. The van der Waals surface area contributed by atoms with Gasteiger partial charge in [0.2, 0.25) is 10.0 Å². The summed E-state index contributed by atoms with van der Waals surface area (Å²) in [7, 11) is -1.65. The van der Waals surface area contributed by atoms with E-state index in [4.69, 9.17) is 4.74 Å². The van der Waals surface area contributed by atoms with Gasteiger partial charge in [0.25, 0.3) is 5.91 Å². The van der Waals surface area contributed by atoms with E-state index in [2.05, 4.69) is 5.32 Å². The van der Waals surface area contributed by atoms with Crippen LogP contribution < -0.4 is 10.1 Å². The number of methoxy groups -OCH3 is 1. The number of hydrogen-bond donors (Lipinski definition) is 1. The lowest BCUT2D eigenvalue weighted by molar-refractivity contribution is 0.0953. The third kappa shape index (κ3) is 6.31. The minimum absolute atomic E-state index is 0.0171. The Morgan fingerprint density at radius 1 is 0.967 bits per heavy atom. The molecule has 0 atom stereocenters. The molecule has 0 aromatic heterocycles. The van der Waals surface area contributed by atoms with E-state index in [1.807, 2.05) is 24.3 Å². The molecule has 162 valence electrons. The van der Waals surface area contributed by atoms with Gasteiger partial charge in [-0.1, -0.05) is 30.7 Å². The van der Waals surface area contributed by atoms with Gasteiger partial charge in [-0.05, 0) is 61.1 Å². The molecule has 0 aliphatic carbocycles. The highest BCUT2D eigenvalue weighted by molar-refractivity contribution is 7.88. The Hall–Kier alpha value is -2.38. The van der Waals surface area contributed by atoms with Crippen molar-refractivity contribution in [2.24, 2.45) is 0 Å². The average molecular weight is 431 g/mol. The summed E-state index contributed by atoms with van der Waals surface area (Å²) in [6, 6.07) is 14.8. The van der Waals surface area contributed by atoms with Crippen LogP contribution in [0.25, 0.3) is 0 Å². The topological polar surface area (TPSA) is 75.7 Å². The van der Waals surface area contributed by atoms with E-state index in [0.29, 0.717) is 30.8 Å². The first-order valence-corrected chi connectivity index (χ1v) is 12.1. The monoisotopic (exact) mass is 430 g/mol. The van der Waals surface area contributed by atoms with Crippen LogP contribution in [0.5, 0.6) is 5.75 Å². The molecular weight excluding hydrogens is 400 g/mol. The van der Waals surface area contributed by atoms with E-state index < -0.39 is 10.0 Å². The molecule has 1 aliphatic heterocycles. The first kappa shape index (κ1) is 22.3. The minimum atomic E-state index is -3.29. The van der Waals surface area contributed by atoms with Crippen LogP contribution in [-0.4, -0.2) is 45.4 Å². The fourth-order valence-electron chi connectivity index (χ4n) is 3.59. The molecule has 0 saturated carbocycles.